The Hall–Kier alpha value is -1.22. The third-order valence-corrected chi connectivity index (χ3v) is 4.33. The Morgan fingerprint density at radius 2 is 2.17 bits per heavy atom. The summed E-state index contributed by atoms with van der Waals surface area (Å²) in [6, 6.07) is 6.48. The second kappa shape index (κ2) is 5.19. The molecule has 18 heavy (non-hydrogen) atoms. The van der Waals surface area contributed by atoms with Crippen LogP contribution in [0.3, 0.4) is 0 Å². The lowest BCUT2D eigenvalue weighted by atomic mass is 9.77. The van der Waals surface area contributed by atoms with E-state index in [0.717, 1.165) is 18.2 Å². The van der Waals surface area contributed by atoms with Crippen molar-refractivity contribution in [2.24, 2.45) is 5.92 Å². The van der Waals surface area contributed by atoms with Crippen molar-refractivity contribution in [1.29, 1.82) is 0 Å². The molecule has 0 saturated carbocycles. The highest BCUT2D eigenvalue weighted by Gasteiger charge is 2.28. The molecule has 0 spiro atoms. The van der Waals surface area contributed by atoms with Gasteiger partial charge in [0.05, 0.1) is 7.11 Å². The first-order valence-corrected chi connectivity index (χ1v) is 7.01. The number of rotatable bonds is 2. The highest BCUT2D eigenvalue weighted by Crippen LogP contribution is 2.40. The van der Waals surface area contributed by atoms with E-state index < -0.39 is 0 Å². The van der Waals surface area contributed by atoms with E-state index in [2.05, 4.69) is 28.8 Å². The van der Waals surface area contributed by atoms with Crippen LogP contribution in [0, 0.1) is 5.92 Å². The van der Waals surface area contributed by atoms with Gasteiger partial charge >= 0.3 is 0 Å². The Kier molecular flexibility index (Phi) is 3.41. The van der Waals surface area contributed by atoms with Crippen LogP contribution in [0.1, 0.15) is 30.7 Å². The molecular formula is C15H22N2O. The third-order valence-electron chi connectivity index (χ3n) is 4.33. The second-order valence-corrected chi connectivity index (χ2v) is 5.38. The molecule has 0 aliphatic carbocycles. The monoisotopic (exact) mass is 246 g/mol. The van der Waals surface area contributed by atoms with Crippen molar-refractivity contribution >= 4 is 5.69 Å². The van der Waals surface area contributed by atoms with Crippen LogP contribution in [0.2, 0.25) is 0 Å². The molecule has 0 aromatic heterocycles. The molecule has 3 rings (SSSR count). The Labute approximate surface area is 109 Å². The number of piperidine rings is 1. The molecule has 1 aromatic rings. The number of benzene rings is 1. The SMILES string of the molecule is COc1ccc2c(c1)NCCC2C1CCCNC1. The zero-order valence-electron chi connectivity index (χ0n) is 11.0. The van der Waals surface area contributed by atoms with Crippen LogP contribution < -0.4 is 15.4 Å². The molecule has 1 aromatic carbocycles. The van der Waals surface area contributed by atoms with Crippen molar-refractivity contribution < 1.29 is 4.74 Å². The summed E-state index contributed by atoms with van der Waals surface area (Å²) in [4.78, 5) is 0. The normalized spacial score (nSPS) is 27.2. The van der Waals surface area contributed by atoms with Crippen molar-refractivity contribution in [3.8, 4) is 5.75 Å². The molecule has 3 heteroatoms. The van der Waals surface area contributed by atoms with Gasteiger partial charge in [0, 0.05) is 18.3 Å². The van der Waals surface area contributed by atoms with Crippen molar-refractivity contribution in [2.45, 2.75) is 25.2 Å². The van der Waals surface area contributed by atoms with Crippen LogP contribution in [0.25, 0.3) is 0 Å². The van der Waals surface area contributed by atoms with Crippen molar-refractivity contribution in [2.75, 3.05) is 32.1 Å². The summed E-state index contributed by atoms with van der Waals surface area (Å²) in [5, 5.41) is 7.05. The number of ether oxygens (including phenoxy) is 1. The van der Waals surface area contributed by atoms with Crippen molar-refractivity contribution in [3.63, 3.8) is 0 Å². The Balaban J connectivity index is 1.86. The molecule has 2 aliphatic heterocycles. The standard InChI is InChI=1S/C15H22N2O/c1-18-12-4-5-14-13(6-8-17-15(14)9-12)11-3-2-7-16-10-11/h4-5,9,11,13,16-17H,2-3,6-8,10H2,1H3. The first kappa shape index (κ1) is 11.8. The van der Waals surface area contributed by atoms with Crippen LogP contribution in [0.15, 0.2) is 18.2 Å². The van der Waals surface area contributed by atoms with Crippen LogP contribution in [0.5, 0.6) is 5.75 Å². The van der Waals surface area contributed by atoms with Gasteiger partial charge < -0.3 is 15.4 Å². The maximum atomic E-state index is 5.31. The topological polar surface area (TPSA) is 33.3 Å². The van der Waals surface area contributed by atoms with E-state index in [-0.39, 0.29) is 0 Å². The maximum Gasteiger partial charge on any atom is 0.120 e. The molecule has 2 heterocycles. The third kappa shape index (κ3) is 2.19. The average molecular weight is 246 g/mol. The van der Waals surface area contributed by atoms with Crippen LogP contribution >= 0.6 is 0 Å². The number of fused-ring (bicyclic) bond motifs is 1. The molecule has 2 atom stereocenters. The van der Waals surface area contributed by atoms with Gasteiger partial charge in [0.2, 0.25) is 0 Å². The minimum absolute atomic E-state index is 0.708. The number of anilines is 1. The van der Waals surface area contributed by atoms with Gasteiger partial charge in [-0.1, -0.05) is 6.07 Å². The molecule has 2 N–H and O–H groups in total. The number of methoxy groups -OCH3 is 1. The fraction of sp³-hybridized carbons (Fsp3) is 0.600. The first-order valence-electron chi connectivity index (χ1n) is 7.01. The lowest BCUT2D eigenvalue weighted by Crippen LogP contribution is -2.35. The summed E-state index contributed by atoms with van der Waals surface area (Å²) in [7, 11) is 1.73. The van der Waals surface area contributed by atoms with E-state index in [4.69, 9.17) is 4.74 Å². The minimum Gasteiger partial charge on any atom is -0.497 e. The molecular weight excluding hydrogens is 224 g/mol. The van der Waals surface area contributed by atoms with Crippen molar-refractivity contribution in [3.05, 3.63) is 23.8 Å². The molecule has 0 bridgehead atoms. The zero-order chi connectivity index (χ0) is 12.4. The molecule has 1 saturated heterocycles. The summed E-state index contributed by atoms with van der Waals surface area (Å²) >= 11 is 0. The molecule has 1 fully saturated rings. The van der Waals surface area contributed by atoms with E-state index in [9.17, 15) is 0 Å². The lowest BCUT2D eigenvalue weighted by Gasteiger charge is -2.35. The van der Waals surface area contributed by atoms with Gasteiger partial charge in [-0.25, -0.2) is 0 Å². The van der Waals surface area contributed by atoms with Gasteiger partial charge in [-0.05, 0) is 55.8 Å². The van der Waals surface area contributed by atoms with E-state index in [1.807, 2.05) is 0 Å². The van der Waals surface area contributed by atoms with Crippen LogP contribution in [-0.4, -0.2) is 26.7 Å². The summed E-state index contributed by atoms with van der Waals surface area (Å²) < 4.78 is 5.31. The maximum absolute atomic E-state index is 5.31. The molecule has 2 unspecified atom stereocenters. The lowest BCUT2D eigenvalue weighted by molar-refractivity contribution is 0.311. The highest BCUT2D eigenvalue weighted by atomic mass is 16.5. The number of nitrogens with one attached hydrogen (secondary N) is 2. The number of hydrogen-bond acceptors (Lipinski definition) is 3. The quantitative estimate of drug-likeness (QED) is 0.841. The second-order valence-electron chi connectivity index (χ2n) is 5.38. The van der Waals surface area contributed by atoms with Gasteiger partial charge in [-0.3, -0.25) is 0 Å². The Bertz CT molecular complexity index is 413. The van der Waals surface area contributed by atoms with E-state index in [0.29, 0.717) is 5.92 Å². The Morgan fingerprint density at radius 3 is 2.94 bits per heavy atom. The summed E-state index contributed by atoms with van der Waals surface area (Å²) in [5.74, 6) is 2.46. The first-order chi connectivity index (χ1) is 8.88. The number of hydrogen-bond donors (Lipinski definition) is 2. The average Bonchev–Trinajstić information content (AvgIpc) is 2.47. The molecule has 0 radical (unpaired) electrons. The predicted molar refractivity (Wildman–Crippen MR) is 74.4 cm³/mol. The molecule has 3 nitrogen and oxygen atoms in total. The summed E-state index contributed by atoms with van der Waals surface area (Å²) in [5.41, 5.74) is 2.76. The van der Waals surface area contributed by atoms with Gasteiger partial charge in [0.1, 0.15) is 5.75 Å². The predicted octanol–water partition coefficient (Wildman–Crippen LogP) is 2.59. The fourth-order valence-electron chi connectivity index (χ4n) is 3.37. The molecule has 0 amide bonds. The minimum atomic E-state index is 0.708. The largest absolute Gasteiger partial charge is 0.497 e. The van der Waals surface area contributed by atoms with Gasteiger partial charge in [-0.15, -0.1) is 0 Å². The van der Waals surface area contributed by atoms with Crippen LogP contribution in [-0.2, 0) is 0 Å². The van der Waals surface area contributed by atoms with Gasteiger partial charge in [0.15, 0.2) is 0 Å². The van der Waals surface area contributed by atoms with E-state index in [1.54, 1.807) is 7.11 Å². The van der Waals surface area contributed by atoms with Crippen LogP contribution in [0.4, 0.5) is 5.69 Å². The molecule has 98 valence electrons. The summed E-state index contributed by atoms with van der Waals surface area (Å²) in [6.07, 6.45) is 3.94. The van der Waals surface area contributed by atoms with E-state index >= 15 is 0 Å². The van der Waals surface area contributed by atoms with Gasteiger partial charge in [-0.2, -0.15) is 0 Å². The smallest absolute Gasteiger partial charge is 0.120 e. The zero-order valence-corrected chi connectivity index (χ0v) is 11.0. The Morgan fingerprint density at radius 1 is 1.22 bits per heavy atom. The fourth-order valence-corrected chi connectivity index (χ4v) is 3.37. The van der Waals surface area contributed by atoms with E-state index in [1.165, 1.54) is 43.6 Å². The highest BCUT2D eigenvalue weighted by molar-refractivity contribution is 5.58. The summed E-state index contributed by atoms with van der Waals surface area (Å²) in [6.45, 7) is 3.45. The van der Waals surface area contributed by atoms with Gasteiger partial charge in [0.25, 0.3) is 0 Å². The van der Waals surface area contributed by atoms with Crippen molar-refractivity contribution in [1.82, 2.24) is 5.32 Å². The molecule has 2 aliphatic rings.